The molecule has 0 aliphatic carbocycles. The highest BCUT2D eigenvalue weighted by Crippen LogP contribution is 2.14. The highest BCUT2D eigenvalue weighted by atomic mass is 19.1. The number of nitrogens with zero attached hydrogens (tertiary/aromatic N) is 2. The lowest BCUT2D eigenvalue weighted by atomic mass is 10.0. The normalized spacial score (nSPS) is 10.7. The van der Waals surface area contributed by atoms with Gasteiger partial charge < -0.3 is 4.42 Å². The highest BCUT2D eigenvalue weighted by Gasteiger charge is 2.12. The Bertz CT molecular complexity index is 888. The summed E-state index contributed by atoms with van der Waals surface area (Å²) in [5.41, 5.74) is 3.97. The maximum absolute atomic E-state index is 12.9. The molecule has 0 spiro atoms. The molecule has 128 valence electrons. The van der Waals surface area contributed by atoms with Crippen molar-refractivity contribution >= 4 is 11.9 Å². The van der Waals surface area contributed by atoms with E-state index in [4.69, 9.17) is 4.42 Å². The van der Waals surface area contributed by atoms with Crippen molar-refractivity contribution in [3.05, 3.63) is 76.4 Å². The average molecular weight is 339 g/mol. The average Bonchev–Trinajstić information content (AvgIpc) is 3.00. The quantitative estimate of drug-likeness (QED) is 0.771. The Labute approximate surface area is 144 Å². The number of anilines is 1. The van der Waals surface area contributed by atoms with Crippen molar-refractivity contribution in [2.45, 2.75) is 26.7 Å². The van der Waals surface area contributed by atoms with E-state index in [1.165, 1.54) is 12.1 Å². The zero-order chi connectivity index (χ0) is 17.8. The lowest BCUT2D eigenvalue weighted by molar-refractivity contribution is -0.115. The van der Waals surface area contributed by atoms with E-state index in [1.807, 2.05) is 32.0 Å². The van der Waals surface area contributed by atoms with Crippen LogP contribution in [-0.4, -0.2) is 16.1 Å². The van der Waals surface area contributed by atoms with Gasteiger partial charge in [-0.05, 0) is 42.7 Å². The minimum atomic E-state index is -0.298. The molecule has 6 heteroatoms. The maximum atomic E-state index is 12.9. The van der Waals surface area contributed by atoms with Crippen molar-refractivity contribution in [1.29, 1.82) is 0 Å². The molecule has 1 N–H and O–H groups in total. The van der Waals surface area contributed by atoms with Gasteiger partial charge in [0.2, 0.25) is 11.8 Å². The van der Waals surface area contributed by atoms with Crippen molar-refractivity contribution in [1.82, 2.24) is 10.2 Å². The summed E-state index contributed by atoms with van der Waals surface area (Å²) in [6.45, 7) is 3.95. The first-order chi connectivity index (χ1) is 12.0. The first kappa shape index (κ1) is 16.8. The molecule has 0 unspecified atom stereocenters. The van der Waals surface area contributed by atoms with Crippen molar-refractivity contribution in [2.75, 3.05) is 5.32 Å². The van der Waals surface area contributed by atoms with Crippen LogP contribution in [0.25, 0.3) is 0 Å². The first-order valence-corrected chi connectivity index (χ1v) is 7.92. The lowest BCUT2D eigenvalue weighted by Gasteiger charge is -2.06. The largest absolute Gasteiger partial charge is 0.407 e. The van der Waals surface area contributed by atoms with Crippen LogP contribution in [0.2, 0.25) is 0 Å². The van der Waals surface area contributed by atoms with Gasteiger partial charge in [-0.1, -0.05) is 41.0 Å². The Morgan fingerprint density at radius 3 is 2.64 bits per heavy atom. The van der Waals surface area contributed by atoms with Gasteiger partial charge in [-0.3, -0.25) is 10.1 Å². The molecule has 0 aliphatic rings. The SMILES string of the molecule is Cc1ccc(C)c(CC(=O)Nc2nnc(Cc3ccc(F)cc3)o2)c1. The van der Waals surface area contributed by atoms with Gasteiger partial charge in [0.1, 0.15) is 5.82 Å². The molecular formula is C19H18FN3O2. The smallest absolute Gasteiger partial charge is 0.322 e. The van der Waals surface area contributed by atoms with E-state index in [0.29, 0.717) is 12.3 Å². The van der Waals surface area contributed by atoms with Crippen LogP contribution in [0.1, 0.15) is 28.1 Å². The summed E-state index contributed by atoms with van der Waals surface area (Å²) in [5, 5.41) is 10.3. The number of rotatable bonds is 5. The molecule has 3 aromatic rings. The van der Waals surface area contributed by atoms with Gasteiger partial charge in [0.15, 0.2) is 0 Å². The first-order valence-electron chi connectivity index (χ1n) is 7.92. The van der Waals surface area contributed by atoms with Crippen LogP contribution in [0, 0.1) is 19.7 Å². The minimum absolute atomic E-state index is 0.0624. The molecule has 0 fully saturated rings. The lowest BCUT2D eigenvalue weighted by Crippen LogP contribution is -2.15. The molecule has 3 rings (SSSR count). The topological polar surface area (TPSA) is 68.0 Å². The fraction of sp³-hybridized carbons (Fsp3) is 0.211. The summed E-state index contributed by atoms with van der Waals surface area (Å²) < 4.78 is 18.3. The molecule has 2 aromatic carbocycles. The van der Waals surface area contributed by atoms with Crippen LogP contribution in [-0.2, 0) is 17.6 Å². The minimum Gasteiger partial charge on any atom is -0.407 e. The molecular weight excluding hydrogens is 321 g/mol. The number of nitrogens with one attached hydrogen (secondary N) is 1. The molecule has 25 heavy (non-hydrogen) atoms. The van der Waals surface area contributed by atoms with E-state index < -0.39 is 0 Å². The molecule has 5 nitrogen and oxygen atoms in total. The van der Waals surface area contributed by atoms with Crippen LogP contribution in [0.4, 0.5) is 10.4 Å². The predicted octanol–water partition coefficient (Wildman–Crippen LogP) is 3.60. The van der Waals surface area contributed by atoms with E-state index in [-0.39, 0.29) is 24.2 Å². The number of carbonyl (C=O) groups excluding carboxylic acids is 1. The van der Waals surface area contributed by atoms with Gasteiger partial charge in [0, 0.05) is 0 Å². The molecule has 1 heterocycles. The van der Waals surface area contributed by atoms with E-state index in [0.717, 1.165) is 22.3 Å². The third-order valence-corrected chi connectivity index (χ3v) is 3.84. The van der Waals surface area contributed by atoms with Crippen LogP contribution in [0.15, 0.2) is 46.9 Å². The fourth-order valence-electron chi connectivity index (χ4n) is 2.48. The standard InChI is InChI=1S/C19H18FN3O2/c1-12-3-4-13(2)15(9-12)11-17(24)21-19-23-22-18(25-19)10-14-5-7-16(20)8-6-14/h3-9H,10-11H2,1-2H3,(H,21,23,24). The van der Waals surface area contributed by atoms with E-state index in [2.05, 4.69) is 15.5 Å². The second kappa shape index (κ2) is 7.25. The van der Waals surface area contributed by atoms with Crippen LogP contribution in [0.5, 0.6) is 0 Å². The van der Waals surface area contributed by atoms with Crippen LogP contribution < -0.4 is 5.32 Å². The number of amides is 1. The summed E-state index contributed by atoms with van der Waals surface area (Å²) >= 11 is 0. The Kier molecular flexibility index (Phi) is 4.88. The monoisotopic (exact) mass is 339 g/mol. The molecule has 0 aliphatic heterocycles. The number of benzene rings is 2. The molecule has 0 radical (unpaired) electrons. The van der Waals surface area contributed by atoms with Crippen LogP contribution in [0.3, 0.4) is 0 Å². The summed E-state index contributed by atoms with van der Waals surface area (Å²) in [6.07, 6.45) is 0.614. The Balaban J connectivity index is 1.61. The Hall–Kier alpha value is -3.02. The Morgan fingerprint density at radius 1 is 1.12 bits per heavy atom. The second-order valence-electron chi connectivity index (χ2n) is 5.96. The number of hydrogen-bond acceptors (Lipinski definition) is 4. The number of aromatic nitrogens is 2. The van der Waals surface area contributed by atoms with E-state index in [9.17, 15) is 9.18 Å². The van der Waals surface area contributed by atoms with E-state index in [1.54, 1.807) is 12.1 Å². The van der Waals surface area contributed by atoms with Crippen molar-refractivity contribution < 1.29 is 13.6 Å². The van der Waals surface area contributed by atoms with Crippen molar-refractivity contribution in [2.24, 2.45) is 0 Å². The number of carbonyl (C=O) groups is 1. The summed E-state index contributed by atoms with van der Waals surface area (Å²) in [4.78, 5) is 12.2. The maximum Gasteiger partial charge on any atom is 0.322 e. The zero-order valence-electron chi connectivity index (χ0n) is 14.0. The van der Waals surface area contributed by atoms with E-state index >= 15 is 0 Å². The van der Waals surface area contributed by atoms with Gasteiger partial charge in [-0.25, -0.2) is 4.39 Å². The third-order valence-electron chi connectivity index (χ3n) is 3.84. The summed E-state index contributed by atoms with van der Waals surface area (Å²) in [6, 6.07) is 12.1. The predicted molar refractivity (Wildman–Crippen MR) is 91.8 cm³/mol. The molecule has 1 amide bonds. The summed E-state index contributed by atoms with van der Waals surface area (Å²) in [5.74, 6) is -0.159. The Morgan fingerprint density at radius 2 is 1.88 bits per heavy atom. The molecule has 0 atom stereocenters. The molecule has 0 saturated heterocycles. The number of hydrogen-bond donors (Lipinski definition) is 1. The van der Waals surface area contributed by atoms with Gasteiger partial charge in [0.05, 0.1) is 12.8 Å². The third kappa shape index (κ3) is 4.50. The van der Waals surface area contributed by atoms with Crippen molar-refractivity contribution in [3.63, 3.8) is 0 Å². The number of aryl methyl sites for hydroxylation is 2. The second-order valence-corrected chi connectivity index (χ2v) is 5.96. The van der Waals surface area contributed by atoms with Gasteiger partial charge in [-0.2, -0.15) is 0 Å². The van der Waals surface area contributed by atoms with Crippen LogP contribution >= 0.6 is 0 Å². The van der Waals surface area contributed by atoms with Gasteiger partial charge in [-0.15, -0.1) is 5.10 Å². The summed E-state index contributed by atoms with van der Waals surface area (Å²) in [7, 11) is 0. The zero-order valence-corrected chi connectivity index (χ0v) is 14.0. The molecule has 0 bridgehead atoms. The fourth-order valence-corrected chi connectivity index (χ4v) is 2.48. The van der Waals surface area contributed by atoms with Gasteiger partial charge >= 0.3 is 6.01 Å². The molecule has 1 aromatic heterocycles. The number of halogens is 1. The highest BCUT2D eigenvalue weighted by molar-refractivity contribution is 5.90. The molecule has 0 saturated carbocycles. The van der Waals surface area contributed by atoms with Gasteiger partial charge in [0.25, 0.3) is 0 Å². The van der Waals surface area contributed by atoms with Crippen molar-refractivity contribution in [3.8, 4) is 0 Å².